The third-order valence-electron chi connectivity index (χ3n) is 5.67. The molecule has 5 nitrogen and oxygen atoms in total. The van der Waals surface area contributed by atoms with Gasteiger partial charge in [-0.15, -0.1) is 0 Å². The van der Waals surface area contributed by atoms with E-state index >= 15 is 0 Å². The Balaban J connectivity index is 1.96. The van der Waals surface area contributed by atoms with Gasteiger partial charge in [0.25, 0.3) is 11.8 Å². The Kier molecular flexibility index (Phi) is 7.04. The van der Waals surface area contributed by atoms with Gasteiger partial charge in [-0.05, 0) is 57.1 Å². The Hall–Kier alpha value is -1.88. The van der Waals surface area contributed by atoms with Crippen molar-refractivity contribution in [2.24, 2.45) is 11.8 Å². The average Bonchev–Trinajstić information content (AvgIpc) is 2.55. The van der Waals surface area contributed by atoms with Crippen LogP contribution in [0, 0.1) is 32.6 Å². The summed E-state index contributed by atoms with van der Waals surface area (Å²) in [5, 5.41) is 3.04. The first-order valence-corrected chi connectivity index (χ1v) is 10.1. The zero-order chi connectivity index (χ0) is 20.3. The molecule has 1 saturated heterocycles. The van der Waals surface area contributed by atoms with Crippen LogP contribution >= 0.6 is 0 Å². The predicted octanol–water partition coefficient (Wildman–Crippen LogP) is 1.96. The van der Waals surface area contributed by atoms with Crippen molar-refractivity contribution in [3.05, 3.63) is 28.8 Å². The lowest BCUT2D eigenvalue weighted by Gasteiger charge is -2.36. The molecule has 0 aromatic heterocycles. The van der Waals surface area contributed by atoms with Gasteiger partial charge in [0.05, 0.1) is 7.05 Å². The van der Waals surface area contributed by atoms with Crippen LogP contribution in [0.2, 0.25) is 0 Å². The second-order valence-corrected chi connectivity index (χ2v) is 8.76. The number of hydrogen-bond acceptors (Lipinski definition) is 2. The summed E-state index contributed by atoms with van der Waals surface area (Å²) in [5.41, 5.74) is 4.21. The van der Waals surface area contributed by atoms with Crippen LogP contribution in [0.1, 0.15) is 43.9 Å². The molecule has 2 N–H and O–H groups in total. The highest BCUT2D eigenvalue weighted by atomic mass is 16.2. The molecule has 0 saturated carbocycles. The van der Waals surface area contributed by atoms with Crippen molar-refractivity contribution in [1.82, 2.24) is 4.90 Å². The fourth-order valence-corrected chi connectivity index (χ4v) is 4.29. The molecule has 0 spiro atoms. The summed E-state index contributed by atoms with van der Waals surface area (Å²) < 4.78 is 0. The van der Waals surface area contributed by atoms with Crippen LogP contribution in [0.15, 0.2) is 12.1 Å². The molecule has 0 aliphatic carbocycles. The lowest BCUT2D eigenvalue weighted by Crippen LogP contribution is -3.15. The first-order chi connectivity index (χ1) is 12.6. The lowest BCUT2D eigenvalue weighted by atomic mass is 9.91. The summed E-state index contributed by atoms with van der Waals surface area (Å²) in [6, 6.07) is 3.92. The van der Waals surface area contributed by atoms with E-state index in [4.69, 9.17) is 0 Å². The Morgan fingerprint density at radius 1 is 1.15 bits per heavy atom. The molecule has 4 atom stereocenters. The van der Waals surface area contributed by atoms with Gasteiger partial charge in [0.2, 0.25) is 0 Å². The number of benzene rings is 1. The quantitative estimate of drug-likeness (QED) is 0.828. The van der Waals surface area contributed by atoms with Gasteiger partial charge in [-0.1, -0.05) is 31.5 Å². The van der Waals surface area contributed by atoms with E-state index in [1.807, 2.05) is 32.7 Å². The van der Waals surface area contributed by atoms with Gasteiger partial charge in [-0.2, -0.15) is 0 Å². The molecule has 1 aromatic carbocycles. The number of quaternary nitrogens is 1. The number of likely N-dealkylation sites (tertiary alicyclic amines) is 1. The van der Waals surface area contributed by atoms with Gasteiger partial charge in [0.1, 0.15) is 0 Å². The topological polar surface area (TPSA) is 53.9 Å². The zero-order valence-electron chi connectivity index (χ0n) is 18.0. The molecule has 1 heterocycles. The second kappa shape index (κ2) is 8.87. The molecule has 1 aliphatic heterocycles. The number of nitrogens with one attached hydrogen (secondary N) is 2. The standard InChI is InChI=1S/C22H35N3O2/c1-14-9-17(4)21(18(5)10-14)23-20(26)13-24(7)19(6)22(27)25-11-15(2)8-16(3)12-25/h9-10,15-16,19H,8,11-13H2,1-7H3,(H,23,26)/p+1/t15-,16+,19-/m0/s1. The van der Waals surface area contributed by atoms with E-state index in [1.54, 1.807) is 0 Å². The maximum absolute atomic E-state index is 12.9. The monoisotopic (exact) mass is 374 g/mol. The van der Waals surface area contributed by atoms with E-state index in [9.17, 15) is 9.59 Å². The maximum atomic E-state index is 12.9. The van der Waals surface area contributed by atoms with Gasteiger partial charge in [0.15, 0.2) is 12.6 Å². The van der Waals surface area contributed by atoms with Gasteiger partial charge in [-0.3, -0.25) is 9.59 Å². The van der Waals surface area contributed by atoms with Crippen LogP contribution in [0.25, 0.3) is 0 Å². The minimum absolute atomic E-state index is 0.0532. The Morgan fingerprint density at radius 2 is 1.67 bits per heavy atom. The number of nitrogens with zero attached hydrogens (tertiary/aromatic N) is 1. The number of hydrogen-bond donors (Lipinski definition) is 2. The van der Waals surface area contributed by atoms with Gasteiger partial charge in [-0.25, -0.2) is 0 Å². The van der Waals surface area contributed by atoms with E-state index in [2.05, 4.69) is 38.2 Å². The number of aryl methyl sites for hydroxylation is 3. The fraction of sp³-hybridized carbons (Fsp3) is 0.636. The van der Waals surface area contributed by atoms with Crippen molar-refractivity contribution in [3.8, 4) is 0 Å². The molecule has 1 aliphatic rings. The van der Waals surface area contributed by atoms with E-state index in [0.717, 1.165) is 34.8 Å². The normalized spacial score (nSPS) is 22.3. The van der Waals surface area contributed by atoms with Crippen molar-refractivity contribution < 1.29 is 14.5 Å². The predicted molar refractivity (Wildman–Crippen MR) is 110 cm³/mol. The van der Waals surface area contributed by atoms with Gasteiger partial charge >= 0.3 is 0 Å². The first kappa shape index (κ1) is 21.4. The molecule has 2 amide bonds. The summed E-state index contributed by atoms with van der Waals surface area (Å²) in [5.74, 6) is 1.19. The SMILES string of the molecule is Cc1cc(C)c(NC(=O)C[NH+](C)[C@@H](C)C(=O)N2C[C@H](C)C[C@H](C)C2)c(C)c1. The van der Waals surface area contributed by atoms with E-state index in [1.165, 1.54) is 12.0 Å². The third kappa shape index (κ3) is 5.55. The van der Waals surface area contributed by atoms with Crippen LogP contribution in [-0.2, 0) is 9.59 Å². The van der Waals surface area contributed by atoms with Crippen LogP contribution in [0.3, 0.4) is 0 Å². The van der Waals surface area contributed by atoms with Crippen molar-refractivity contribution in [2.45, 2.75) is 54.0 Å². The molecule has 5 heteroatoms. The summed E-state index contributed by atoms with van der Waals surface area (Å²) in [4.78, 5) is 28.4. The minimum atomic E-state index is -0.228. The molecule has 150 valence electrons. The largest absolute Gasteiger partial charge is 0.337 e. The van der Waals surface area contributed by atoms with Crippen LogP contribution in [0.5, 0.6) is 0 Å². The molecular formula is C22H36N3O2+. The van der Waals surface area contributed by atoms with Crippen molar-refractivity contribution in [3.63, 3.8) is 0 Å². The lowest BCUT2D eigenvalue weighted by molar-refractivity contribution is -0.886. The number of anilines is 1. The number of amides is 2. The number of likely N-dealkylation sites (N-methyl/N-ethyl adjacent to an activating group) is 1. The van der Waals surface area contributed by atoms with E-state index in [0.29, 0.717) is 11.8 Å². The Bertz CT molecular complexity index is 668. The maximum Gasteiger partial charge on any atom is 0.280 e. The number of rotatable bonds is 5. The van der Waals surface area contributed by atoms with E-state index < -0.39 is 0 Å². The number of carbonyl (C=O) groups is 2. The number of carbonyl (C=O) groups excluding carboxylic acids is 2. The molecule has 0 bridgehead atoms. The van der Waals surface area contributed by atoms with E-state index in [-0.39, 0.29) is 24.4 Å². The van der Waals surface area contributed by atoms with Crippen molar-refractivity contribution >= 4 is 17.5 Å². The number of piperidine rings is 1. The minimum Gasteiger partial charge on any atom is -0.337 e. The second-order valence-electron chi connectivity index (χ2n) is 8.76. The average molecular weight is 375 g/mol. The smallest absolute Gasteiger partial charge is 0.280 e. The molecule has 1 unspecified atom stereocenters. The highest BCUT2D eigenvalue weighted by Crippen LogP contribution is 2.22. The zero-order valence-corrected chi connectivity index (χ0v) is 18.0. The summed E-state index contributed by atoms with van der Waals surface area (Å²) in [6.07, 6.45) is 1.18. The highest BCUT2D eigenvalue weighted by molar-refractivity contribution is 5.93. The summed E-state index contributed by atoms with van der Waals surface area (Å²) >= 11 is 0. The molecule has 2 rings (SSSR count). The van der Waals surface area contributed by atoms with Crippen LogP contribution in [0.4, 0.5) is 5.69 Å². The highest BCUT2D eigenvalue weighted by Gasteiger charge is 2.32. The van der Waals surface area contributed by atoms with Gasteiger partial charge in [0, 0.05) is 18.8 Å². The molecule has 1 fully saturated rings. The molecule has 1 aromatic rings. The molecular weight excluding hydrogens is 338 g/mol. The Labute approximate surface area is 164 Å². The molecule has 0 radical (unpaired) electrons. The first-order valence-electron chi connectivity index (χ1n) is 10.1. The fourth-order valence-electron chi connectivity index (χ4n) is 4.29. The Morgan fingerprint density at radius 3 is 2.19 bits per heavy atom. The molecule has 27 heavy (non-hydrogen) atoms. The van der Waals surface area contributed by atoms with Crippen molar-refractivity contribution in [1.29, 1.82) is 0 Å². The van der Waals surface area contributed by atoms with Crippen LogP contribution < -0.4 is 10.2 Å². The van der Waals surface area contributed by atoms with Crippen LogP contribution in [-0.4, -0.2) is 49.4 Å². The summed E-state index contributed by atoms with van der Waals surface area (Å²) in [7, 11) is 1.92. The summed E-state index contributed by atoms with van der Waals surface area (Å²) in [6.45, 7) is 14.3. The third-order valence-corrected chi connectivity index (χ3v) is 5.67. The van der Waals surface area contributed by atoms with Gasteiger partial charge < -0.3 is 15.1 Å². The van der Waals surface area contributed by atoms with Crippen molar-refractivity contribution in [2.75, 3.05) is 32.0 Å².